The Morgan fingerprint density at radius 3 is 2.90 bits per heavy atom. The Balaban J connectivity index is 3.11. The molecule has 1 aromatic rings. The van der Waals surface area contributed by atoms with Gasteiger partial charge >= 0.3 is 0 Å². The van der Waals surface area contributed by atoms with Gasteiger partial charge in [-0.2, -0.15) is 10.6 Å². The minimum absolute atomic E-state index is 0.877. The van der Waals surface area contributed by atoms with Crippen LogP contribution in [0, 0.1) is 4.51 Å². The lowest BCUT2D eigenvalue weighted by Crippen LogP contribution is -1.97. The highest BCUT2D eigenvalue weighted by molar-refractivity contribution is 7.75. The van der Waals surface area contributed by atoms with Gasteiger partial charge < -0.3 is 8.93 Å². The van der Waals surface area contributed by atoms with Crippen LogP contribution in [0.3, 0.4) is 0 Å². The summed E-state index contributed by atoms with van der Waals surface area (Å²) < 4.78 is 14.6. The van der Waals surface area contributed by atoms with Crippen LogP contribution in [0.5, 0.6) is 0 Å². The maximum Gasteiger partial charge on any atom is -0.0147 e. The highest BCUT2D eigenvalue weighted by Crippen LogP contribution is 1.86. The lowest BCUT2D eigenvalue weighted by Gasteiger charge is -1.93. The van der Waals surface area contributed by atoms with E-state index in [1.54, 1.807) is 6.20 Å². The summed E-state index contributed by atoms with van der Waals surface area (Å²) in [5.41, 5.74) is 0. The number of hydrogen-bond acceptors (Lipinski definition) is 2. The first-order valence-corrected chi connectivity index (χ1v) is 4.13. The van der Waals surface area contributed by atoms with E-state index in [1.165, 1.54) is 0 Å². The van der Waals surface area contributed by atoms with Crippen LogP contribution >= 0.6 is 0 Å². The average Bonchev–Trinajstić information content (AvgIpc) is 2.34. The van der Waals surface area contributed by atoms with Gasteiger partial charge in [-0.25, -0.2) is 0 Å². The molecule has 0 bridgehead atoms. The van der Waals surface area contributed by atoms with Gasteiger partial charge in [0.05, 0.1) is 0 Å². The zero-order chi connectivity index (χ0) is 6.97. The molecule has 0 unspecified atom stereocenters. The summed E-state index contributed by atoms with van der Waals surface area (Å²) in [5, 5.41) is 1.03. The summed E-state index contributed by atoms with van der Waals surface area (Å²) in [5.74, 6) is 0. The van der Waals surface area contributed by atoms with Crippen LogP contribution in [0.2, 0.25) is 0 Å². The monoisotopic (exact) mass is 152 g/mol. The highest BCUT2D eigenvalue weighted by Gasteiger charge is 1.83. The van der Waals surface area contributed by atoms with Crippen LogP contribution in [-0.4, -0.2) is 0 Å². The number of nitrogens with one attached hydrogen (secondary N) is 1. The Bertz CT molecular complexity index is 417. The Morgan fingerprint density at radius 2 is 2.10 bits per heavy atom. The van der Waals surface area contributed by atoms with Gasteiger partial charge in [0, 0.05) is 0 Å². The van der Waals surface area contributed by atoms with Gasteiger partial charge in [0.25, 0.3) is 0 Å². The summed E-state index contributed by atoms with van der Waals surface area (Å²) in [6.45, 7) is 0. The standard InChI is InChI=1S/C7H6NOS/c9-10-7-4-2-1-3-6(7)5-8-10/h1-5H,(H,8,9)/q-1. The van der Waals surface area contributed by atoms with E-state index in [0.717, 1.165) is 9.73 Å². The van der Waals surface area contributed by atoms with Gasteiger partial charge in [-0.05, 0) is 11.4 Å². The van der Waals surface area contributed by atoms with E-state index in [1.807, 2.05) is 24.3 Å². The van der Waals surface area contributed by atoms with Crippen LogP contribution in [0.4, 0.5) is 0 Å². The highest BCUT2D eigenvalue weighted by atomic mass is 32.2. The molecule has 0 saturated carbocycles. The molecule has 52 valence electrons. The molecule has 0 fully saturated rings. The van der Waals surface area contributed by atoms with Gasteiger partial charge in [-0.15, -0.1) is 0 Å². The van der Waals surface area contributed by atoms with Crippen molar-refractivity contribution in [3.63, 3.8) is 0 Å². The maximum atomic E-state index is 11.0. The molecule has 0 spiro atoms. The topological polar surface area (TPSA) is 29.1 Å². The van der Waals surface area contributed by atoms with Crippen molar-refractivity contribution in [3.8, 4) is 0 Å². The van der Waals surface area contributed by atoms with Crippen molar-refractivity contribution in [2.24, 2.45) is 0 Å². The van der Waals surface area contributed by atoms with Crippen molar-refractivity contribution < 1.29 is 4.21 Å². The molecular formula is C7H6NOS-. The predicted molar refractivity (Wildman–Crippen MR) is 40.6 cm³/mol. The molecular weight excluding hydrogens is 146 g/mol. The molecule has 10 heavy (non-hydrogen) atoms. The van der Waals surface area contributed by atoms with Crippen molar-refractivity contribution in [1.29, 1.82) is 0 Å². The summed E-state index contributed by atoms with van der Waals surface area (Å²) in [4.78, 5) is 0. The molecule has 0 atom stereocenters. The lowest BCUT2D eigenvalue weighted by molar-refractivity contribution is 0.600. The molecule has 0 aromatic heterocycles. The maximum absolute atomic E-state index is 11.0. The molecule has 1 aliphatic rings. The largest absolute Gasteiger partial charge is 0.454 e. The molecule has 0 radical (unpaired) electrons. The summed E-state index contributed by atoms with van der Waals surface area (Å²) >= 11 is 0. The van der Waals surface area contributed by atoms with E-state index in [2.05, 4.69) is 4.72 Å². The van der Waals surface area contributed by atoms with E-state index in [9.17, 15) is 4.21 Å². The van der Waals surface area contributed by atoms with Crippen LogP contribution in [0.25, 0.3) is 6.20 Å². The number of hydrogen-bond donors (Lipinski definition) is 1. The molecule has 0 saturated heterocycles. The Morgan fingerprint density at radius 1 is 1.30 bits per heavy atom. The van der Waals surface area contributed by atoms with E-state index >= 15 is 0 Å². The second kappa shape index (κ2) is 2.02. The van der Waals surface area contributed by atoms with Gasteiger partial charge in [0.1, 0.15) is 0 Å². The van der Waals surface area contributed by atoms with Crippen LogP contribution in [-0.2, 0) is 14.8 Å². The first-order chi connectivity index (χ1) is 4.88. The first-order valence-electron chi connectivity index (χ1n) is 2.98. The smallest absolute Gasteiger partial charge is 0.0147 e. The molecule has 0 aliphatic carbocycles. The Labute approximate surface area is 60.4 Å². The molecule has 0 amide bonds. The number of benzene rings is 1. The molecule has 1 heterocycles. The third-order valence-electron chi connectivity index (χ3n) is 1.44. The van der Waals surface area contributed by atoms with Crippen LogP contribution in [0.15, 0.2) is 24.3 Å². The van der Waals surface area contributed by atoms with Crippen LogP contribution < -0.4 is 9.94 Å². The van der Waals surface area contributed by atoms with Gasteiger partial charge in [0.2, 0.25) is 0 Å². The fourth-order valence-corrected chi connectivity index (χ4v) is 1.85. The minimum Gasteiger partial charge on any atom is -0.454 e. The second-order valence-electron chi connectivity index (χ2n) is 2.07. The number of fused-ring (bicyclic) bond motifs is 1. The fraction of sp³-hybridized carbons (Fsp3) is 0. The average molecular weight is 152 g/mol. The number of rotatable bonds is 0. The minimum atomic E-state index is -1.00. The van der Waals surface area contributed by atoms with Gasteiger partial charge in [0.15, 0.2) is 0 Å². The van der Waals surface area contributed by atoms with Gasteiger partial charge in [-0.1, -0.05) is 28.8 Å². The summed E-state index contributed by atoms with van der Waals surface area (Å²) in [6.07, 6.45) is 1.77. The first kappa shape index (κ1) is 5.80. The molecule has 1 aromatic carbocycles. The predicted octanol–water partition coefficient (Wildman–Crippen LogP) is 0.157. The van der Waals surface area contributed by atoms with Crippen molar-refractivity contribution in [2.75, 3.05) is 0 Å². The zero-order valence-corrected chi connectivity index (χ0v) is 6.02. The SMILES string of the molecule is O=[S-]1=c2ccccc2=CN1. The fourth-order valence-electron chi connectivity index (χ4n) is 0.949. The van der Waals surface area contributed by atoms with Crippen molar-refractivity contribution in [2.45, 2.75) is 0 Å². The molecule has 3 heteroatoms. The summed E-state index contributed by atoms with van der Waals surface area (Å²) in [6, 6.07) is 7.62. The van der Waals surface area contributed by atoms with Crippen molar-refractivity contribution in [3.05, 3.63) is 34.0 Å². The van der Waals surface area contributed by atoms with E-state index in [4.69, 9.17) is 0 Å². The third-order valence-corrected chi connectivity index (χ3v) is 2.54. The lowest BCUT2D eigenvalue weighted by atomic mass is 10.3. The molecule has 2 rings (SSSR count). The molecule has 1 aliphatic heterocycles. The Hall–Kier alpha value is -0.960. The van der Waals surface area contributed by atoms with Gasteiger partial charge in [-0.3, -0.25) is 0 Å². The second-order valence-corrected chi connectivity index (χ2v) is 3.28. The quantitative estimate of drug-likeness (QED) is 0.416. The van der Waals surface area contributed by atoms with E-state index in [-0.39, 0.29) is 0 Å². The summed E-state index contributed by atoms with van der Waals surface area (Å²) in [7, 11) is -1.00. The zero-order valence-electron chi connectivity index (χ0n) is 5.20. The van der Waals surface area contributed by atoms with E-state index in [0.29, 0.717) is 0 Å². The van der Waals surface area contributed by atoms with Crippen molar-refractivity contribution >= 4 is 16.8 Å². The Kier molecular flexibility index (Phi) is 1.17. The van der Waals surface area contributed by atoms with E-state index < -0.39 is 10.6 Å². The van der Waals surface area contributed by atoms with Crippen LogP contribution in [0.1, 0.15) is 0 Å². The molecule has 2 nitrogen and oxygen atoms in total. The molecule has 1 N–H and O–H groups in total. The normalized spacial score (nSPS) is 15.6. The third kappa shape index (κ3) is 0.708. The van der Waals surface area contributed by atoms with Crippen molar-refractivity contribution in [1.82, 2.24) is 4.72 Å².